The lowest BCUT2D eigenvalue weighted by atomic mass is 10.4. The molecule has 0 bridgehead atoms. The second-order valence-electron chi connectivity index (χ2n) is 5.24. The highest BCUT2D eigenvalue weighted by Gasteiger charge is 2.48. The van der Waals surface area contributed by atoms with Crippen LogP contribution in [0.3, 0.4) is 0 Å². The third kappa shape index (κ3) is 2.29. The zero-order chi connectivity index (χ0) is 11.6. The average molecular weight is 235 g/mol. The third-order valence-corrected chi connectivity index (χ3v) is 15.2. The first-order valence-corrected chi connectivity index (χ1v) is 10.9. The molecule has 14 heavy (non-hydrogen) atoms. The van der Waals surface area contributed by atoms with E-state index in [9.17, 15) is 0 Å². The van der Waals surface area contributed by atoms with Crippen LogP contribution in [0.2, 0.25) is 25.7 Å². The second kappa shape index (κ2) is 4.92. The molecule has 4 heteroatoms. The summed E-state index contributed by atoms with van der Waals surface area (Å²) in [5.74, 6) is 0. The number of nitrogens with zero attached hydrogens (tertiary/aromatic N) is 1. The Morgan fingerprint density at radius 3 is 2.00 bits per heavy atom. The van der Waals surface area contributed by atoms with Crippen LogP contribution in [-0.4, -0.2) is 41.5 Å². The van der Waals surface area contributed by atoms with Crippen molar-refractivity contribution in [2.75, 3.05) is 14.2 Å². The first-order valence-electron chi connectivity index (χ1n) is 5.62. The number of rotatable bonds is 5. The Bertz CT molecular complexity index is 185. The van der Waals surface area contributed by atoms with Crippen molar-refractivity contribution < 1.29 is 8.24 Å². The summed E-state index contributed by atoms with van der Waals surface area (Å²) in [5.41, 5.74) is 0. The summed E-state index contributed by atoms with van der Waals surface area (Å²) in [4.78, 5) is 0. The average Bonchev–Trinajstić information content (AvgIpc) is 2.14. The van der Waals surface area contributed by atoms with Gasteiger partial charge < -0.3 is 8.24 Å². The molecule has 0 aromatic carbocycles. The summed E-state index contributed by atoms with van der Waals surface area (Å²) in [7, 11) is 1.99. The number of hydrogen-bond donors (Lipinski definition) is 0. The molecule has 2 atom stereocenters. The Balaban J connectivity index is 5.09. The summed E-state index contributed by atoms with van der Waals surface area (Å²) in [6.45, 7) is 14.3. The van der Waals surface area contributed by atoms with Gasteiger partial charge in [-0.1, -0.05) is 6.92 Å². The van der Waals surface area contributed by atoms with E-state index < -0.39 is 17.4 Å². The highest BCUT2D eigenvalue weighted by molar-refractivity contribution is 6.75. The Kier molecular flexibility index (Phi) is 5.04. The molecule has 0 rings (SSSR count). The minimum atomic E-state index is -1.20. The van der Waals surface area contributed by atoms with Crippen molar-refractivity contribution in [3.05, 3.63) is 0 Å². The van der Waals surface area contributed by atoms with Gasteiger partial charge in [-0.25, -0.2) is 0 Å². The fourth-order valence-electron chi connectivity index (χ4n) is 2.17. The SMILES string of the molecule is CC[Si](C)(C)[N+](C)(C(C)C)[SiH](C)OC. The van der Waals surface area contributed by atoms with Crippen molar-refractivity contribution >= 4 is 17.4 Å². The van der Waals surface area contributed by atoms with Crippen LogP contribution in [-0.2, 0) is 4.43 Å². The lowest BCUT2D eigenvalue weighted by molar-refractivity contribution is -0.735. The van der Waals surface area contributed by atoms with E-state index in [-0.39, 0.29) is 0 Å². The predicted molar refractivity (Wildman–Crippen MR) is 69.3 cm³/mol. The summed E-state index contributed by atoms with van der Waals surface area (Å²) >= 11 is 0. The van der Waals surface area contributed by atoms with Crippen molar-refractivity contribution in [1.82, 2.24) is 0 Å². The van der Waals surface area contributed by atoms with Gasteiger partial charge in [0.15, 0.2) is 0 Å². The van der Waals surface area contributed by atoms with E-state index in [1.54, 1.807) is 0 Å². The van der Waals surface area contributed by atoms with Gasteiger partial charge in [-0.05, 0) is 33.0 Å². The maximum atomic E-state index is 5.71. The van der Waals surface area contributed by atoms with Gasteiger partial charge >= 0.3 is 9.20 Å². The lowest BCUT2D eigenvalue weighted by Gasteiger charge is -2.53. The quantitative estimate of drug-likeness (QED) is 0.665. The summed E-state index contributed by atoms with van der Waals surface area (Å²) in [6.07, 6.45) is 0. The fourth-order valence-corrected chi connectivity index (χ4v) is 10.3. The van der Waals surface area contributed by atoms with E-state index >= 15 is 0 Å². The first-order chi connectivity index (χ1) is 6.24. The molecule has 0 spiro atoms. The van der Waals surface area contributed by atoms with Crippen molar-refractivity contribution in [3.63, 3.8) is 0 Å². The van der Waals surface area contributed by atoms with Gasteiger partial charge in [-0.3, -0.25) is 0 Å². The number of quaternary nitrogens is 1. The lowest BCUT2D eigenvalue weighted by Crippen LogP contribution is -2.72. The molecule has 0 radical (unpaired) electrons. The minimum Gasteiger partial charge on any atom is -0.426 e. The van der Waals surface area contributed by atoms with Crippen LogP contribution in [0.25, 0.3) is 0 Å². The topological polar surface area (TPSA) is 9.23 Å². The van der Waals surface area contributed by atoms with E-state index in [2.05, 4.69) is 47.5 Å². The largest absolute Gasteiger partial charge is 0.426 e. The Labute approximate surface area is 92.7 Å². The minimum absolute atomic E-state index is 0.693. The van der Waals surface area contributed by atoms with E-state index in [0.717, 1.165) is 0 Å². The maximum absolute atomic E-state index is 5.71. The van der Waals surface area contributed by atoms with Crippen LogP contribution in [0.5, 0.6) is 0 Å². The van der Waals surface area contributed by atoms with Gasteiger partial charge in [0.2, 0.25) is 0 Å². The van der Waals surface area contributed by atoms with Crippen molar-refractivity contribution in [3.8, 4) is 0 Å². The standard InChI is InChI=1S/C10H28NOSi2/c1-9-14(7,8)11(4,10(2)3)13(6)12-5/h10,13H,9H2,1-8H3/q+1. The summed E-state index contributed by atoms with van der Waals surface area (Å²) in [5, 5.41) is 0. The van der Waals surface area contributed by atoms with Crippen LogP contribution in [0.1, 0.15) is 20.8 Å². The van der Waals surface area contributed by atoms with Crippen molar-refractivity contribution in [2.24, 2.45) is 0 Å². The molecule has 0 aromatic rings. The van der Waals surface area contributed by atoms with Crippen LogP contribution in [0.15, 0.2) is 0 Å². The second-order valence-corrected chi connectivity index (χ2v) is 13.8. The zero-order valence-corrected chi connectivity index (χ0v) is 13.4. The van der Waals surface area contributed by atoms with Gasteiger partial charge in [-0.2, -0.15) is 0 Å². The molecule has 0 heterocycles. The van der Waals surface area contributed by atoms with Gasteiger partial charge in [0, 0.05) is 20.7 Å². The molecule has 0 fully saturated rings. The normalized spacial score (nSPS) is 19.5. The molecule has 0 saturated carbocycles. The van der Waals surface area contributed by atoms with Gasteiger partial charge in [-0.15, -0.1) is 0 Å². The van der Waals surface area contributed by atoms with Crippen molar-refractivity contribution in [1.29, 1.82) is 0 Å². The Morgan fingerprint density at radius 2 is 1.79 bits per heavy atom. The Hall–Kier alpha value is 0.354. The highest BCUT2D eigenvalue weighted by atomic mass is 28.4. The molecule has 86 valence electrons. The number of hydrogen-bond acceptors (Lipinski definition) is 1. The molecule has 0 aliphatic rings. The van der Waals surface area contributed by atoms with Gasteiger partial charge in [0.05, 0.1) is 6.04 Å². The monoisotopic (exact) mass is 234 g/mol. The molecule has 2 unspecified atom stereocenters. The molecule has 0 aliphatic heterocycles. The van der Waals surface area contributed by atoms with E-state index in [1.807, 2.05) is 7.11 Å². The smallest absolute Gasteiger partial charge is 0.400 e. The zero-order valence-electron chi connectivity index (χ0n) is 11.2. The third-order valence-electron chi connectivity index (χ3n) is 4.34. The molecule has 0 saturated heterocycles. The maximum Gasteiger partial charge on any atom is 0.400 e. The van der Waals surface area contributed by atoms with Crippen LogP contribution < -0.4 is 0 Å². The van der Waals surface area contributed by atoms with Crippen molar-refractivity contribution in [2.45, 2.75) is 52.5 Å². The Morgan fingerprint density at radius 1 is 1.36 bits per heavy atom. The molecule has 0 N–H and O–H groups in total. The fraction of sp³-hybridized carbons (Fsp3) is 1.00. The predicted octanol–water partition coefficient (Wildman–Crippen LogP) is 2.56. The molecule has 2 nitrogen and oxygen atoms in total. The first kappa shape index (κ1) is 14.4. The molecular weight excluding hydrogens is 206 g/mol. The van der Waals surface area contributed by atoms with Crippen LogP contribution in [0.4, 0.5) is 0 Å². The van der Waals surface area contributed by atoms with E-state index in [0.29, 0.717) is 6.04 Å². The van der Waals surface area contributed by atoms with Crippen LogP contribution >= 0.6 is 0 Å². The molecule has 0 aliphatic carbocycles. The van der Waals surface area contributed by atoms with Gasteiger partial charge in [0.25, 0.3) is 8.24 Å². The van der Waals surface area contributed by atoms with Gasteiger partial charge in [0.1, 0.15) is 0 Å². The van der Waals surface area contributed by atoms with Crippen LogP contribution in [0, 0.1) is 0 Å². The highest BCUT2D eigenvalue weighted by Crippen LogP contribution is 2.28. The summed E-state index contributed by atoms with van der Waals surface area (Å²) in [6, 6.07) is 2.03. The molecule has 0 aromatic heterocycles. The molecule has 0 amide bonds. The van der Waals surface area contributed by atoms with E-state index in [1.165, 1.54) is 9.86 Å². The summed E-state index contributed by atoms with van der Waals surface area (Å²) < 4.78 is 6.95. The van der Waals surface area contributed by atoms with E-state index in [4.69, 9.17) is 4.43 Å². The molecular formula is C10H28NOSi2+.